The van der Waals surface area contributed by atoms with Gasteiger partial charge in [0.1, 0.15) is 0 Å². The van der Waals surface area contributed by atoms with E-state index in [-0.39, 0.29) is 5.91 Å². The number of hydrogen-bond acceptors (Lipinski definition) is 3. The SMILES string of the molecule is Cc1[nH]ncc1CCCNC(=O)c1ccc2nc[nH]c2c1. The Morgan fingerprint density at radius 2 is 2.29 bits per heavy atom. The van der Waals surface area contributed by atoms with Crippen molar-refractivity contribution in [1.82, 2.24) is 25.5 Å². The van der Waals surface area contributed by atoms with Crippen molar-refractivity contribution in [3.05, 3.63) is 47.5 Å². The van der Waals surface area contributed by atoms with E-state index < -0.39 is 0 Å². The Morgan fingerprint density at radius 3 is 3.10 bits per heavy atom. The quantitative estimate of drug-likeness (QED) is 0.626. The fraction of sp³-hybridized carbons (Fsp3) is 0.267. The van der Waals surface area contributed by atoms with Crippen molar-refractivity contribution < 1.29 is 4.79 Å². The van der Waals surface area contributed by atoms with Crippen molar-refractivity contribution in [2.45, 2.75) is 19.8 Å². The van der Waals surface area contributed by atoms with Crippen LogP contribution in [0.25, 0.3) is 11.0 Å². The zero-order valence-electron chi connectivity index (χ0n) is 11.8. The van der Waals surface area contributed by atoms with Gasteiger partial charge in [0, 0.05) is 17.8 Å². The number of nitrogens with one attached hydrogen (secondary N) is 3. The van der Waals surface area contributed by atoms with Gasteiger partial charge < -0.3 is 10.3 Å². The molecule has 0 fully saturated rings. The van der Waals surface area contributed by atoms with Crippen LogP contribution in [0, 0.1) is 6.92 Å². The molecule has 6 nitrogen and oxygen atoms in total. The average Bonchev–Trinajstić information content (AvgIpc) is 3.11. The van der Waals surface area contributed by atoms with Gasteiger partial charge in [0.25, 0.3) is 5.91 Å². The summed E-state index contributed by atoms with van der Waals surface area (Å²) in [7, 11) is 0. The van der Waals surface area contributed by atoms with Gasteiger partial charge in [-0.2, -0.15) is 5.10 Å². The Morgan fingerprint density at radius 1 is 1.38 bits per heavy atom. The van der Waals surface area contributed by atoms with Gasteiger partial charge >= 0.3 is 0 Å². The standard InChI is InChI=1S/C15H17N5O/c1-10-12(8-19-20-10)3-2-6-16-15(21)11-4-5-13-14(7-11)18-9-17-13/h4-5,7-9H,2-3,6H2,1H3,(H,16,21)(H,17,18)(H,19,20). The Labute approximate surface area is 122 Å². The number of amides is 1. The van der Waals surface area contributed by atoms with Crippen LogP contribution in [-0.2, 0) is 6.42 Å². The van der Waals surface area contributed by atoms with E-state index in [9.17, 15) is 4.79 Å². The molecular weight excluding hydrogens is 266 g/mol. The second kappa shape index (κ2) is 5.78. The third-order valence-electron chi connectivity index (χ3n) is 3.53. The molecule has 0 aliphatic carbocycles. The number of aromatic nitrogens is 4. The summed E-state index contributed by atoms with van der Waals surface area (Å²) in [5.41, 5.74) is 4.67. The van der Waals surface area contributed by atoms with Crippen molar-refractivity contribution in [1.29, 1.82) is 0 Å². The number of hydrogen-bond donors (Lipinski definition) is 3. The third-order valence-corrected chi connectivity index (χ3v) is 3.53. The van der Waals surface area contributed by atoms with E-state index in [1.54, 1.807) is 12.4 Å². The Balaban J connectivity index is 1.53. The van der Waals surface area contributed by atoms with Crippen LogP contribution in [0.4, 0.5) is 0 Å². The zero-order valence-corrected chi connectivity index (χ0v) is 11.8. The molecule has 3 aromatic rings. The molecule has 3 rings (SSSR count). The van der Waals surface area contributed by atoms with Crippen LogP contribution in [0.1, 0.15) is 28.0 Å². The molecule has 0 unspecified atom stereocenters. The number of H-pyrrole nitrogens is 2. The van der Waals surface area contributed by atoms with Crippen LogP contribution in [0.3, 0.4) is 0 Å². The second-order valence-corrected chi connectivity index (χ2v) is 5.01. The van der Waals surface area contributed by atoms with Crippen molar-refractivity contribution in [2.75, 3.05) is 6.54 Å². The highest BCUT2D eigenvalue weighted by Gasteiger charge is 2.07. The Bertz CT molecular complexity index is 758. The molecule has 1 aromatic carbocycles. The fourth-order valence-corrected chi connectivity index (χ4v) is 2.29. The van der Waals surface area contributed by atoms with Gasteiger partial charge in [-0.05, 0) is 43.5 Å². The predicted molar refractivity (Wildman–Crippen MR) is 80.1 cm³/mol. The molecule has 21 heavy (non-hydrogen) atoms. The molecule has 0 aliphatic rings. The average molecular weight is 283 g/mol. The van der Waals surface area contributed by atoms with E-state index in [0.717, 1.165) is 29.6 Å². The van der Waals surface area contributed by atoms with Crippen LogP contribution < -0.4 is 5.32 Å². The molecule has 108 valence electrons. The van der Waals surface area contributed by atoms with Gasteiger partial charge in [-0.1, -0.05) is 0 Å². The van der Waals surface area contributed by atoms with Crippen LogP contribution in [-0.4, -0.2) is 32.6 Å². The lowest BCUT2D eigenvalue weighted by Gasteiger charge is -2.05. The summed E-state index contributed by atoms with van der Waals surface area (Å²) in [6.45, 7) is 2.64. The van der Waals surface area contributed by atoms with Crippen LogP contribution in [0.5, 0.6) is 0 Å². The molecule has 0 spiro atoms. The second-order valence-electron chi connectivity index (χ2n) is 5.01. The summed E-state index contributed by atoms with van der Waals surface area (Å²) in [5, 5.41) is 9.83. The zero-order chi connectivity index (χ0) is 14.7. The lowest BCUT2D eigenvalue weighted by molar-refractivity contribution is 0.0953. The predicted octanol–water partition coefficient (Wildman–Crippen LogP) is 1.96. The first-order valence-electron chi connectivity index (χ1n) is 6.94. The molecule has 0 atom stereocenters. The number of fused-ring (bicyclic) bond motifs is 1. The molecule has 0 aliphatic heterocycles. The summed E-state index contributed by atoms with van der Waals surface area (Å²) < 4.78 is 0. The molecule has 3 N–H and O–H groups in total. The molecule has 1 amide bonds. The van der Waals surface area contributed by atoms with E-state index in [0.29, 0.717) is 12.1 Å². The molecule has 2 aromatic heterocycles. The summed E-state index contributed by atoms with van der Waals surface area (Å²) in [5.74, 6) is -0.0598. The molecular formula is C15H17N5O. The number of benzene rings is 1. The van der Waals surface area contributed by atoms with E-state index >= 15 is 0 Å². The highest BCUT2D eigenvalue weighted by Crippen LogP contribution is 2.11. The van der Waals surface area contributed by atoms with Gasteiger partial charge in [0.15, 0.2) is 0 Å². The smallest absolute Gasteiger partial charge is 0.251 e. The highest BCUT2D eigenvalue weighted by molar-refractivity contribution is 5.97. The maximum absolute atomic E-state index is 12.1. The molecule has 0 saturated heterocycles. The summed E-state index contributed by atoms with van der Waals surface area (Å²) in [6, 6.07) is 5.45. The van der Waals surface area contributed by atoms with Crippen LogP contribution in [0.15, 0.2) is 30.7 Å². The van der Waals surface area contributed by atoms with Crippen molar-refractivity contribution in [3.8, 4) is 0 Å². The number of imidazole rings is 1. The van der Waals surface area contributed by atoms with Crippen LogP contribution >= 0.6 is 0 Å². The fourth-order valence-electron chi connectivity index (χ4n) is 2.29. The van der Waals surface area contributed by atoms with E-state index in [1.165, 1.54) is 5.56 Å². The lowest BCUT2D eigenvalue weighted by atomic mass is 10.1. The molecule has 0 saturated carbocycles. The van der Waals surface area contributed by atoms with E-state index in [2.05, 4.69) is 25.5 Å². The first kappa shape index (κ1) is 13.4. The van der Waals surface area contributed by atoms with E-state index in [1.807, 2.05) is 25.3 Å². The minimum atomic E-state index is -0.0598. The summed E-state index contributed by atoms with van der Waals surface area (Å²) in [4.78, 5) is 19.2. The Hall–Kier alpha value is -2.63. The topological polar surface area (TPSA) is 86.5 Å². The monoisotopic (exact) mass is 283 g/mol. The molecule has 0 radical (unpaired) electrons. The highest BCUT2D eigenvalue weighted by atomic mass is 16.1. The van der Waals surface area contributed by atoms with Crippen molar-refractivity contribution in [2.24, 2.45) is 0 Å². The van der Waals surface area contributed by atoms with Crippen LogP contribution in [0.2, 0.25) is 0 Å². The van der Waals surface area contributed by atoms with Gasteiger partial charge in [-0.15, -0.1) is 0 Å². The van der Waals surface area contributed by atoms with Gasteiger partial charge in [0.05, 0.1) is 23.6 Å². The number of carbonyl (C=O) groups excluding carboxylic acids is 1. The summed E-state index contributed by atoms with van der Waals surface area (Å²) >= 11 is 0. The number of rotatable bonds is 5. The Kier molecular flexibility index (Phi) is 3.68. The number of carbonyl (C=O) groups is 1. The van der Waals surface area contributed by atoms with E-state index in [4.69, 9.17) is 0 Å². The number of aromatic amines is 2. The maximum atomic E-state index is 12.1. The summed E-state index contributed by atoms with van der Waals surface area (Å²) in [6.07, 6.45) is 5.25. The molecule has 2 heterocycles. The first-order chi connectivity index (χ1) is 10.2. The molecule has 6 heteroatoms. The van der Waals surface area contributed by atoms with Gasteiger partial charge in [0.2, 0.25) is 0 Å². The largest absolute Gasteiger partial charge is 0.352 e. The lowest BCUT2D eigenvalue weighted by Crippen LogP contribution is -2.24. The maximum Gasteiger partial charge on any atom is 0.251 e. The number of nitrogens with zero attached hydrogens (tertiary/aromatic N) is 2. The normalized spacial score (nSPS) is 10.9. The first-order valence-corrected chi connectivity index (χ1v) is 6.94. The van der Waals surface area contributed by atoms with Gasteiger partial charge in [-0.3, -0.25) is 9.89 Å². The van der Waals surface area contributed by atoms with Crippen molar-refractivity contribution in [3.63, 3.8) is 0 Å². The molecule has 0 bridgehead atoms. The van der Waals surface area contributed by atoms with Gasteiger partial charge in [-0.25, -0.2) is 4.98 Å². The number of aryl methyl sites for hydroxylation is 2. The van der Waals surface area contributed by atoms with Crippen molar-refractivity contribution >= 4 is 16.9 Å². The third kappa shape index (κ3) is 2.94. The minimum absolute atomic E-state index is 0.0598. The minimum Gasteiger partial charge on any atom is -0.352 e.